The number of amides is 1. The molecule has 1 aromatic carbocycles. The van der Waals surface area contributed by atoms with Crippen LogP contribution in [0.2, 0.25) is 0 Å². The Bertz CT molecular complexity index is 749. The Balaban J connectivity index is 0.00000338. The zero-order valence-electron chi connectivity index (χ0n) is 15.6. The monoisotopic (exact) mass is 384 g/mol. The Morgan fingerprint density at radius 3 is 2.69 bits per heavy atom. The van der Waals surface area contributed by atoms with E-state index in [1.807, 2.05) is 13.8 Å². The molecule has 1 amide bonds. The number of carbonyl (C=O) groups is 1. The molecule has 26 heavy (non-hydrogen) atoms. The molecule has 1 aromatic heterocycles. The van der Waals surface area contributed by atoms with E-state index in [0.717, 1.165) is 0 Å². The smallest absolute Gasteiger partial charge is 0.227 e. The summed E-state index contributed by atoms with van der Waals surface area (Å²) in [5, 5.41) is 3.90. The maximum Gasteiger partial charge on any atom is 0.227 e. The van der Waals surface area contributed by atoms with Crippen molar-refractivity contribution in [1.82, 2.24) is 15.0 Å². The van der Waals surface area contributed by atoms with Crippen LogP contribution in [-0.4, -0.2) is 41.1 Å². The van der Waals surface area contributed by atoms with Crippen molar-refractivity contribution in [3.63, 3.8) is 0 Å². The predicted octanol–water partition coefficient (Wildman–Crippen LogP) is 2.98. The Kier molecular flexibility index (Phi) is 7.71. The number of nitrogens with zero attached hydrogens (tertiary/aromatic N) is 3. The molecule has 0 aliphatic heterocycles. The van der Waals surface area contributed by atoms with Crippen LogP contribution in [0.3, 0.4) is 0 Å². The first-order valence-corrected chi connectivity index (χ1v) is 8.25. The summed E-state index contributed by atoms with van der Waals surface area (Å²) in [5.41, 5.74) is 6.78. The van der Waals surface area contributed by atoms with Gasteiger partial charge in [-0.1, -0.05) is 19.0 Å². The van der Waals surface area contributed by atoms with Gasteiger partial charge in [-0.2, -0.15) is 4.98 Å². The van der Waals surface area contributed by atoms with Gasteiger partial charge in [-0.3, -0.25) is 4.79 Å². The topological polar surface area (TPSA) is 85.2 Å². The van der Waals surface area contributed by atoms with Gasteiger partial charge in [0, 0.05) is 32.0 Å². The average molecular weight is 385 g/mol. The van der Waals surface area contributed by atoms with E-state index in [1.165, 1.54) is 6.07 Å². The van der Waals surface area contributed by atoms with Crippen LogP contribution >= 0.6 is 12.4 Å². The molecule has 0 radical (unpaired) electrons. The number of aromatic nitrogens is 2. The highest BCUT2D eigenvalue weighted by atomic mass is 35.5. The molecule has 2 aromatic rings. The lowest BCUT2D eigenvalue weighted by atomic mass is 9.93. The fourth-order valence-electron chi connectivity index (χ4n) is 2.46. The van der Waals surface area contributed by atoms with Gasteiger partial charge < -0.3 is 15.2 Å². The highest BCUT2D eigenvalue weighted by Gasteiger charge is 2.21. The van der Waals surface area contributed by atoms with Crippen LogP contribution in [0.25, 0.3) is 11.4 Å². The number of aryl methyl sites for hydroxylation is 2. The third-order valence-electron chi connectivity index (χ3n) is 4.08. The number of nitrogens with two attached hydrogens (primary N) is 1. The van der Waals surface area contributed by atoms with E-state index in [-0.39, 0.29) is 36.0 Å². The number of halogens is 2. The lowest BCUT2D eigenvalue weighted by molar-refractivity contribution is -0.131. The maximum atomic E-state index is 13.3. The Labute approximate surface area is 159 Å². The van der Waals surface area contributed by atoms with Crippen LogP contribution in [0.15, 0.2) is 22.7 Å². The summed E-state index contributed by atoms with van der Waals surface area (Å²) >= 11 is 0. The number of carbonyl (C=O) groups excluding carboxylic acids is 1. The van der Waals surface area contributed by atoms with Gasteiger partial charge in [0.15, 0.2) is 0 Å². The van der Waals surface area contributed by atoms with Crippen molar-refractivity contribution in [3.8, 4) is 11.4 Å². The summed E-state index contributed by atoms with van der Waals surface area (Å²) in [5.74, 6) is 0.500. The second-order valence-electron chi connectivity index (χ2n) is 7.09. The van der Waals surface area contributed by atoms with Gasteiger partial charge in [0.25, 0.3) is 0 Å². The largest absolute Gasteiger partial charge is 0.345 e. The van der Waals surface area contributed by atoms with Gasteiger partial charge in [0.05, 0.1) is 0 Å². The zero-order chi connectivity index (χ0) is 18.6. The van der Waals surface area contributed by atoms with Crippen molar-refractivity contribution < 1.29 is 13.7 Å². The van der Waals surface area contributed by atoms with Gasteiger partial charge in [-0.25, -0.2) is 4.39 Å². The van der Waals surface area contributed by atoms with Crippen molar-refractivity contribution in [2.75, 3.05) is 20.1 Å². The van der Waals surface area contributed by atoms with Crippen molar-refractivity contribution in [2.24, 2.45) is 11.1 Å². The average Bonchev–Trinajstić information content (AvgIpc) is 3.03. The van der Waals surface area contributed by atoms with Gasteiger partial charge in [0.2, 0.25) is 17.6 Å². The van der Waals surface area contributed by atoms with Crippen molar-refractivity contribution >= 4 is 18.3 Å². The molecule has 0 fully saturated rings. The first kappa shape index (κ1) is 22.1. The lowest BCUT2D eigenvalue weighted by Crippen LogP contribution is -2.39. The minimum Gasteiger partial charge on any atom is -0.345 e. The van der Waals surface area contributed by atoms with Crippen LogP contribution in [-0.2, 0) is 11.2 Å². The van der Waals surface area contributed by atoms with Crippen molar-refractivity contribution in [2.45, 2.75) is 33.6 Å². The molecule has 0 aliphatic carbocycles. The van der Waals surface area contributed by atoms with E-state index in [0.29, 0.717) is 42.4 Å². The number of hydrogen-bond acceptors (Lipinski definition) is 5. The fourth-order valence-corrected chi connectivity index (χ4v) is 2.46. The summed E-state index contributed by atoms with van der Waals surface area (Å²) in [6, 6.07) is 4.64. The zero-order valence-corrected chi connectivity index (χ0v) is 16.4. The fraction of sp³-hybridized carbons (Fsp3) is 0.500. The molecule has 144 valence electrons. The van der Waals surface area contributed by atoms with E-state index < -0.39 is 0 Å². The Morgan fingerprint density at radius 2 is 2.08 bits per heavy atom. The minimum absolute atomic E-state index is 0. The molecule has 2 rings (SSSR count). The Hall–Kier alpha value is -1.99. The minimum atomic E-state index is -0.276. The molecule has 0 unspecified atom stereocenters. The molecule has 0 saturated carbocycles. The lowest BCUT2D eigenvalue weighted by Gasteiger charge is -2.29. The quantitative estimate of drug-likeness (QED) is 0.793. The Morgan fingerprint density at radius 1 is 1.38 bits per heavy atom. The SMILES string of the molecule is Cc1cc(-c2noc(CCC(=O)N(C)CC(C)(C)CN)n2)ccc1F.Cl. The van der Waals surface area contributed by atoms with Crippen LogP contribution in [0, 0.1) is 18.2 Å². The molecule has 2 N–H and O–H groups in total. The maximum absolute atomic E-state index is 13.3. The molecule has 0 spiro atoms. The van der Waals surface area contributed by atoms with E-state index >= 15 is 0 Å². The molecule has 0 aliphatic rings. The summed E-state index contributed by atoms with van der Waals surface area (Å²) in [4.78, 5) is 18.2. The third-order valence-corrected chi connectivity index (χ3v) is 4.08. The first-order chi connectivity index (χ1) is 11.7. The molecule has 0 atom stereocenters. The standard InChI is InChI=1S/C18H25FN4O2.ClH/c1-12-9-13(5-6-14(12)19)17-21-15(25-22-17)7-8-16(24)23(4)11-18(2,3)10-20;/h5-6,9H,7-8,10-11,20H2,1-4H3;1H. The van der Waals surface area contributed by atoms with Gasteiger partial charge in [-0.05, 0) is 42.6 Å². The normalized spacial score (nSPS) is 11.2. The number of benzene rings is 1. The molecule has 6 nitrogen and oxygen atoms in total. The summed E-state index contributed by atoms with van der Waals surface area (Å²) in [6.45, 7) is 6.82. The second-order valence-corrected chi connectivity index (χ2v) is 7.09. The van der Waals surface area contributed by atoms with E-state index in [4.69, 9.17) is 10.3 Å². The van der Waals surface area contributed by atoms with Gasteiger partial charge >= 0.3 is 0 Å². The van der Waals surface area contributed by atoms with Gasteiger partial charge in [0.1, 0.15) is 5.82 Å². The predicted molar refractivity (Wildman–Crippen MR) is 100 cm³/mol. The molecule has 0 saturated heterocycles. The van der Waals surface area contributed by atoms with Crippen molar-refractivity contribution in [3.05, 3.63) is 35.5 Å². The van der Waals surface area contributed by atoms with Crippen LogP contribution in [0.4, 0.5) is 4.39 Å². The van der Waals surface area contributed by atoms with E-state index in [2.05, 4.69) is 10.1 Å². The number of rotatable bonds is 7. The van der Waals surface area contributed by atoms with Gasteiger partial charge in [-0.15, -0.1) is 12.4 Å². The molecular formula is C18H26ClFN4O2. The molecular weight excluding hydrogens is 359 g/mol. The summed E-state index contributed by atoms with van der Waals surface area (Å²) in [6.07, 6.45) is 0.640. The van der Waals surface area contributed by atoms with E-state index in [9.17, 15) is 9.18 Å². The van der Waals surface area contributed by atoms with E-state index in [1.54, 1.807) is 31.0 Å². The molecule has 0 bridgehead atoms. The second kappa shape index (κ2) is 9.09. The molecule has 8 heteroatoms. The highest BCUT2D eigenvalue weighted by molar-refractivity contribution is 5.85. The summed E-state index contributed by atoms with van der Waals surface area (Å²) in [7, 11) is 1.76. The van der Waals surface area contributed by atoms with Crippen LogP contribution in [0.1, 0.15) is 31.7 Å². The van der Waals surface area contributed by atoms with Crippen LogP contribution in [0.5, 0.6) is 0 Å². The first-order valence-electron chi connectivity index (χ1n) is 8.25. The number of hydrogen-bond donors (Lipinski definition) is 1. The molecule has 1 heterocycles. The third kappa shape index (κ3) is 5.78. The van der Waals surface area contributed by atoms with Crippen molar-refractivity contribution in [1.29, 1.82) is 0 Å². The van der Waals surface area contributed by atoms with Crippen LogP contribution < -0.4 is 5.73 Å². The highest BCUT2D eigenvalue weighted by Crippen LogP contribution is 2.20. The summed E-state index contributed by atoms with van der Waals surface area (Å²) < 4.78 is 18.5.